The van der Waals surface area contributed by atoms with E-state index in [9.17, 15) is 4.79 Å². The number of hydrogen-bond donors (Lipinski definition) is 0. The van der Waals surface area contributed by atoms with Crippen molar-refractivity contribution in [3.8, 4) is 0 Å². The molecule has 0 saturated carbocycles. The third-order valence-electron chi connectivity index (χ3n) is 5.01. The maximum Gasteiger partial charge on any atom is 0.261 e. The Labute approximate surface area is 159 Å². The van der Waals surface area contributed by atoms with Gasteiger partial charge in [-0.1, -0.05) is 95.3 Å². The van der Waals surface area contributed by atoms with E-state index in [1.807, 2.05) is 6.92 Å². The van der Waals surface area contributed by atoms with E-state index < -0.39 is 8.32 Å². The van der Waals surface area contributed by atoms with Gasteiger partial charge in [-0.2, -0.15) is 0 Å². The third-order valence-corrected chi connectivity index (χ3v) is 10.0. The minimum absolute atomic E-state index is 0.00823. The second-order valence-electron chi connectivity index (χ2n) is 8.43. The number of carbonyl (C=O) groups excluding carboxylic acids is 1. The van der Waals surface area contributed by atoms with Crippen molar-refractivity contribution in [2.75, 3.05) is 6.61 Å². The predicted molar refractivity (Wildman–Crippen MR) is 113 cm³/mol. The van der Waals surface area contributed by atoms with Crippen molar-refractivity contribution >= 4 is 25.0 Å². The van der Waals surface area contributed by atoms with E-state index in [1.165, 1.54) is 10.4 Å². The van der Waals surface area contributed by atoms with Gasteiger partial charge in [-0.15, -0.1) is 0 Å². The normalized spacial score (nSPS) is 14.7. The minimum Gasteiger partial charge on any atom is -0.407 e. The van der Waals surface area contributed by atoms with Crippen molar-refractivity contribution < 1.29 is 9.22 Å². The molecule has 2 aromatic carbocycles. The van der Waals surface area contributed by atoms with E-state index in [4.69, 9.17) is 4.43 Å². The van der Waals surface area contributed by atoms with Crippen molar-refractivity contribution in [2.24, 2.45) is 11.8 Å². The second kappa shape index (κ2) is 8.78. The first-order chi connectivity index (χ1) is 12.3. The number of carbonyl (C=O) groups is 1. The van der Waals surface area contributed by atoms with Crippen molar-refractivity contribution in [1.82, 2.24) is 0 Å². The molecular weight excluding hydrogens is 336 g/mol. The summed E-state index contributed by atoms with van der Waals surface area (Å²) < 4.78 is 6.90. The monoisotopic (exact) mass is 368 g/mol. The van der Waals surface area contributed by atoms with Crippen LogP contribution in [0.3, 0.4) is 0 Å². The molecule has 0 saturated heterocycles. The molecule has 2 atom stereocenters. The van der Waals surface area contributed by atoms with Gasteiger partial charge in [0, 0.05) is 12.5 Å². The summed E-state index contributed by atoms with van der Waals surface area (Å²) in [5, 5.41) is 2.59. The molecule has 2 nitrogen and oxygen atoms in total. The van der Waals surface area contributed by atoms with Gasteiger partial charge in [0.25, 0.3) is 8.32 Å². The van der Waals surface area contributed by atoms with E-state index in [-0.39, 0.29) is 11.0 Å². The number of hydrogen-bond acceptors (Lipinski definition) is 2. The molecule has 2 aromatic rings. The Kier molecular flexibility index (Phi) is 6.96. The molecule has 140 valence electrons. The highest BCUT2D eigenvalue weighted by molar-refractivity contribution is 6.99. The fourth-order valence-electron chi connectivity index (χ4n) is 3.79. The molecule has 0 fully saturated rings. The predicted octanol–water partition coefficient (Wildman–Crippen LogP) is 4.42. The molecule has 0 N–H and O–H groups in total. The van der Waals surface area contributed by atoms with Crippen LogP contribution in [-0.4, -0.2) is 21.2 Å². The summed E-state index contributed by atoms with van der Waals surface area (Å²) in [5.41, 5.74) is 0. The van der Waals surface area contributed by atoms with Gasteiger partial charge >= 0.3 is 0 Å². The van der Waals surface area contributed by atoms with E-state index in [0.29, 0.717) is 12.5 Å². The van der Waals surface area contributed by atoms with Crippen molar-refractivity contribution in [3.63, 3.8) is 0 Å². The van der Waals surface area contributed by atoms with Gasteiger partial charge < -0.3 is 9.22 Å². The molecule has 0 amide bonds. The van der Waals surface area contributed by atoms with Crippen LogP contribution in [0, 0.1) is 11.8 Å². The van der Waals surface area contributed by atoms with Gasteiger partial charge in [0.2, 0.25) is 0 Å². The fourth-order valence-corrected chi connectivity index (χ4v) is 8.48. The molecule has 0 aliphatic heterocycles. The summed E-state index contributed by atoms with van der Waals surface area (Å²) in [7, 11) is -2.46. The molecule has 0 heterocycles. The molecule has 26 heavy (non-hydrogen) atoms. The van der Waals surface area contributed by atoms with Crippen molar-refractivity contribution in [1.29, 1.82) is 0 Å². The smallest absolute Gasteiger partial charge is 0.261 e. The lowest BCUT2D eigenvalue weighted by molar-refractivity contribution is -0.111. The first-order valence-corrected chi connectivity index (χ1v) is 11.4. The summed E-state index contributed by atoms with van der Waals surface area (Å²) in [4.78, 5) is 11.0. The maximum absolute atomic E-state index is 11.0. The zero-order chi connectivity index (χ0) is 19.2. The average molecular weight is 369 g/mol. The van der Waals surface area contributed by atoms with Crippen LogP contribution in [0.2, 0.25) is 5.04 Å². The molecule has 0 bridgehead atoms. The van der Waals surface area contributed by atoms with Crippen LogP contribution in [0.5, 0.6) is 0 Å². The maximum atomic E-state index is 11.0. The Morgan fingerprint density at radius 2 is 1.38 bits per heavy atom. The Hall–Kier alpha value is -1.71. The van der Waals surface area contributed by atoms with Gasteiger partial charge in [0.1, 0.15) is 6.29 Å². The Morgan fingerprint density at radius 1 is 0.923 bits per heavy atom. The summed E-state index contributed by atoms with van der Waals surface area (Å²) in [6.07, 6.45) is 1.90. The molecule has 2 rings (SSSR count). The molecule has 0 unspecified atom stereocenters. The Bertz CT molecular complexity index is 637. The molecule has 0 radical (unpaired) electrons. The van der Waals surface area contributed by atoms with Gasteiger partial charge in [0.15, 0.2) is 0 Å². The zero-order valence-electron chi connectivity index (χ0n) is 16.7. The summed E-state index contributed by atoms with van der Waals surface area (Å²) in [6.45, 7) is 11.7. The molecule has 0 aliphatic rings. The zero-order valence-corrected chi connectivity index (χ0v) is 17.7. The molecule has 0 spiro atoms. The van der Waals surface area contributed by atoms with E-state index in [1.54, 1.807) is 0 Å². The molecule has 0 aromatic heterocycles. The topological polar surface area (TPSA) is 26.3 Å². The van der Waals surface area contributed by atoms with Crippen molar-refractivity contribution in [2.45, 2.75) is 46.1 Å². The molecular formula is C23H32O2Si. The van der Waals surface area contributed by atoms with Crippen LogP contribution in [0.1, 0.15) is 41.0 Å². The Balaban J connectivity index is 2.45. The number of aldehydes is 1. The van der Waals surface area contributed by atoms with Gasteiger partial charge in [-0.3, -0.25) is 0 Å². The fraction of sp³-hybridized carbons (Fsp3) is 0.435. The molecule has 3 heteroatoms. The van der Waals surface area contributed by atoms with Gasteiger partial charge in [-0.05, 0) is 27.8 Å². The highest BCUT2D eigenvalue weighted by Gasteiger charge is 2.50. The second-order valence-corrected chi connectivity index (χ2v) is 12.7. The van der Waals surface area contributed by atoms with Crippen LogP contribution < -0.4 is 10.4 Å². The summed E-state index contributed by atoms with van der Waals surface area (Å²) >= 11 is 0. The first-order valence-electron chi connectivity index (χ1n) is 9.51. The van der Waals surface area contributed by atoms with E-state index >= 15 is 0 Å². The lowest BCUT2D eigenvalue weighted by atomic mass is 10.00. The highest BCUT2D eigenvalue weighted by atomic mass is 28.4. The largest absolute Gasteiger partial charge is 0.407 e. The standard InChI is InChI=1S/C23H32O2Si/c1-19(17-24)16-20(2)18-25-26(23(3,4)5,21-12-8-6-9-13-21)22-14-10-7-11-15-22/h6-15,17,19-20H,16,18H2,1-5H3/t19-,20+/m1/s1. The van der Waals surface area contributed by atoms with Crippen LogP contribution >= 0.6 is 0 Å². The quantitative estimate of drug-likeness (QED) is 0.509. The van der Waals surface area contributed by atoms with Crippen LogP contribution in [0.15, 0.2) is 60.7 Å². The first kappa shape index (κ1) is 20.6. The van der Waals surface area contributed by atoms with Crippen LogP contribution in [0.4, 0.5) is 0 Å². The van der Waals surface area contributed by atoms with Gasteiger partial charge in [-0.25, -0.2) is 0 Å². The van der Waals surface area contributed by atoms with E-state index in [2.05, 4.69) is 88.4 Å². The number of rotatable bonds is 8. The van der Waals surface area contributed by atoms with E-state index in [0.717, 1.165) is 12.7 Å². The van der Waals surface area contributed by atoms with Crippen LogP contribution in [-0.2, 0) is 9.22 Å². The molecule has 0 aliphatic carbocycles. The highest BCUT2D eigenvalue weighted by Crippen LogP contribution is 2.37. The summed E-state index contributed by atoms with van der Waals surface area (Å²) in [5.74, 6) is 0.421. The summed E-state index contributed by atoms with van der Waals surface area (Å²) in [6, 6.07) is 21.4. The third kappa shape index (κ3) is 4.52. The number of benzene rings is 2. The minimum atomic E-state index is -2.46. The lowest BCUT2D eigenvalue weighted by Gasteiger charge is -2.43. The van der Waals surface area contributed by atoms with Crippen molar-refractivity contribution in [3.05, 3.63) is 60.7 Å². The van der Waals surface area contributed by atoms with Crippen LogP contribution in [0.25, 0.3) is 0 Å². The van der Waals surface area contributed by atoms with Gasteiger partial charge in [0.05, 0.1) is 0 Å². The SMILES string of the molecule is C[C@H](CO[Si](c1ccccc1)(c1ccccc1)C(C)(C)C)C[C@@H](C)C=O. The lowest BCUT2D eigenvalue weighted by Crippen LogP contribution is -2.66. The average Bonchev–Trinajstić information content (AvgIpc) is 2.62. The Morgan fingerprint density at radius 3 is 1.77 bits per heavy atom.